The Hall–Kier alpha value is 0.0649. The third-order valence-electron chi connectivity index (χ3n) is 4.31. The molecule has 1 heteroatoms. The minimum atomic E-state index is 0.413. The number of rotatable bonds is 3. The molecule has 0 aromatic rings. The molecule has 0 saturated heterocycles. The van der Waals surface area contributed by atoms with E-state index >= 15 is 0 Å². The van der Waals surface area contributed by atoms with Crippen molar-refractivity contribution >= 4 is 7.28 Å². The second kappa shape index (κ2) is 4.72. The van der Waals surface area contributed by atoms with Crippen molar-refractivity contribution in [1.82, 2.24) is 0 Å². The lowest BCUT2D eigenvalue weighted by molar-refractivity contribution is 0.367. The molecule has 81 valence electrons. The third-order valence-corrected chi connectivity index (χ3v) is 4.31. The van der Waals surface area contributed by atoms with Gasteiger partial charge in [0, 0.05) is 0 Å². The predicted molar refractivity (Wildman–Crippen MR) is 66.0 cm³/mol. The van der Waals surface area contributed by atoms with E-state index < -0.39 is 0 Å². The Morgan fingerprint density at radius 3 is 2.21 bits per heavy atom. The second-order valence-electron chi connectivity index (χ2n) is 6.07. The number of hydrogen-bond donors (Lipinski definition) is 0. The molecule has 1 fully saturated rings. The minimum Gasteiger partial charge on any atom is -0.0669 e. The van der Waals surface area contributed by atoms with Gasteiger partial charge in [0.25, 0.3) is 0 Å². The van der Waals surface area contributed by atoms with Crippen LogP contribution < -0.4 is 0 Å². The van der Waals surface area contributed by atoms with Gasteiger partial charge in [0.15, 0.2) is 0 Å². The molecule has 0 heterocycles. The van der Waals surface area contributed by atoms with E-state index in [1.165, 1.54) is 25.7 Å². The Labute approximate surface area is 91.1 Å². The standard InChI is InChI=1S/C13H26B/c1-10(2)13(4,5)14-12-9-7-6-8-11(12)3/h10-12H,6-9H2,1-5H3/t11-,12-/m0/s1. The molecule has 0 bridgehead atoms. The monoisotopic (exact) mass is 193 g/mol. The first-order valence-corrected chi connectivity index (χ1v) is 6.29. The van der Waals surface area contributed by atoms with Crippen LogP contribution in [0.25, 0.3) is 0 Å². The van der Waals surface area contributed by atoms with Crippen LogP contribution in [0, 0.1) is 11.8 Å². The quantitative estimate of drug-likeness (QED) is 0.577. The van der Waals surface area contributed by atoms with Gasteiger partial charge < -0.3 is 0 Å². The summed E-state index contributed by atoms with van der Waals surface area (Å²) in [6.07, 6.45) is 5.76. The van der Waals surface area contributed by atoms with Gasteiger partial charge in [-0.15, -0.1) is 0 Å². The van der Waals surface area contributed by atoms with Crippen LogP contribution in [-0.4, -0.2) is 7.28 Å². The van der Waals surface area contributed by atoms with Crippen molar-refractivity contribution in [3.05, 3.63) is 0 Å². The molecule has 14 heavy (non-hydrogen) atoms. The molecule has 0 spiro atoms. The summed E-state index contributed by atoms with van der Waals surface area (Å²) in [7, 11) is 2.64. The average Bonchev–Trinajstić information content (AvgIpc) is 2.08. The lowest BCUT2D eigenvalue weighted by Crippen LogP contribution is -2.28. The second-order valence-corrected chi connectivity index (χ2v) is 6.07. The SMILES string of the molecule is CC(C)C(C)(C)[B][C@H]1CCCC[C@@H]1C. The zero-order chi connectivity index (χ0) is 10.8. The number of hydrogen-bond acceptors (Lipinski definition) is 0. The van der Waals surface area contributed by atoms with Crippen molar-refractivity contribution < 1.29 is 0 Å². The first kappa shape index (κ1) is 12.1. The molecule has 2 atom stereocenters. The fourth-order valence-corrected chi connectivity index (χ4v) is 2.34. The molecule has 1 radical (unpaired) electrons. The van der Waals surface area contributed by atoms with Crippen LogP contribution in [0.1, 0.15) is 60.3 Å². The Balaban J connectivity index is 2.49. The van der Waals surface area contributed by atoms with Crippen LogP contribution in [-0.2, 0) is 0 Å². The summed E-state index contributed by atoms with van der Waals surface area (Å²) >= 11 is 0. The van der Waals surface area contributed by atoms with Crippen molar-refractivity contribution in [2.24, 2.45) is 11.8 Å². The highest BCUT2D eigenvalue weighted by Crippen LogP contribution is 2.43. The maximum atomic E-state index is 2.64. The first-order valence-electron chi connectivity index (χ1n) is 6.29. The Morgan fingerprint density at radius 2 is 1.71 bits per heavy atom. The van der Waals surface area contributed by atoms with Crippen molar-refractivity contribution in [3.8, 4) is 0 Å². The van der Waals surface area contributed by atoms with E-state index in [1.54, 1.807) is 0 Å². The average molecular weight is 193 g/mol. The van der Waals surface area contributed by atoms with Gasteiger partial charge in [-0.3, -0.25) is 0 Å². The van der Waals surface area contributed by atoms with E-state index in [9.17, 15) is 0 Å². The van der Waals surface area contributed by atoms with Gasteiger partial charge in [-0.25, -0.2) is 0 Å². The van der Waals surface area contributed by atoms with Gasteiger partial charge in [-0.1, -0.05) is 71.4 Å². The lowest BCUT2D eigenvalue weighted by atomic mass is 9.40. The summed E-state index contributed by atoms with van der Waals surface area (Å²) in [5, 5.41) is 0.413. The molecule has 0 unspecified atom stereocenters. The van der Waals surface area contributed by atoms with Crippen LogP contribution in [0.4, 0.5) is 0 Å². The molecule has 1 aliphatic carbocycles. The van der Waals surface area contributed by atoms with Gasteiger partial charge in [-0.2, -0.15) is 0 Å². The van der Waals surface area contributed by atoms with E-state index in [-0.39, 0.29) is 0 Å². The summed E-state index contributed by atoms with van der Waals surface area (Å²) in [5.41, 5.74) is 0. The molecular formula is C13H26B. The van der Waals surface area contributed by atoms with Crippen LogP contribution >= 0.6 is 0 Å². The summed E-state index contributed by atoms with van der Waals surface area (Å²) < 4.78 is 0. The zero-order valence-corrected chi connectivity index (χ0v) is 10.6. The van der Waals surface area contributed by atoms with Gasteiger partial charge in [0.05, 0.1) is 0 Å². The molecule has 0 amide bonds. The molecule has 0 N–H and O–H groups in total. The topological polar surface area (TPSA) is 0 Å². The van der Waals surface area contributed by atoms with E-state index in [0.29, 0.717) is 5.31 Å². The van der Waals surface area contributed by atoms with Gasteiger partial charge >= 0.3 is 0 Å². The molecule has 0 aromatic heterocycles. The smallest absolute Gasteiger partial charge is 0.0669 e. The Bertz CT molecular complexity index is 172. The first-order chi connectivity index (χ1) is 6.43. The normalized spacial score (nSPS) is 29.3. The Morgan fingerprint density at radius 1 is 1.14 bits per heavy atom. The van der Waals surface area contributed by atoms with Gasteiger partial charge in [0.2, 0.25) is 0 Å². The molecule has 0 aromatic carbocycles. The third kappa shape index (κ3) is 3.03. The fraction of sp³-hybridized carbons (Fsp3) is 1.00. The van der Waals surface area contributed by atoms with Crippen molar-refractivity contribution in [3.63, 3.8) is 0 Å². The molecule has 1 aliphatic rings. The van der Waals surface area contributed by atoms with E-state index in [0.717, 1.165) is 17.7 Å². The lowest BCUT2D eigenvalue weighted by Gasteiger charge is -2.37. The summed E-state index contributed by atoms with van der Waals surface area (Å²) in [5.74, 6) is 2.56. The van der Waals surface area contributed by atoms with Crippen molar-refractivity contribution in [2.45, 2.75) is 71.4 Å². The summed E-state index contributed by atoms with van der Waals surface area (Å²) in [6.45, 7) is 11.9. The van der Waals surface area contributed by atoms with E-state index in [2.05, 4.69) is 41.9 Å². The fourth-order valence-electron chi connectivity index (χ4n) is 2.34. The molecule has 1 rings (SSSR count). The predicted octanol–water partition coefficient (Wildman–Crippen LogP) is 4.54. The highest BCUT2D eigenvalue weighted by atomic mass is 14.2. The zero-order valence-electron chi connectivity index (χ0n) is 10.6. The Kier molecular flexibility index (Phi) is 4.09. The highest BCUT2D eigenvalue weighted by molar-refractivity contribution is 6.42. The van der Waals surface area contributed by atoms with E-state index in [4.69, 9.17) is 0 Å². The van der Waals surface area contributed by atoms with Crippen LogP contribution in [0.5, 0.6) is 0 Å². The summed E-state index contributed by atoms with van der Waals surface area (Å²) in [6, 6.07) is 0. The van der Waals surface area contributed by atoms with Crippen LogP contribution in [0.2, 0.25) is 11.1 Å². The maximum Gasteiger partial charge on any atom is 0.122 e. The van der Waals surface area contributed by atoms with E-state index in [1.807, 2.05) is 0 Å². The largest absolute Gasteiger partial charge is 0.122 e. The summed E-state index contributed by atoms with van der Waals surface area (Å²) in [4.78, 5) is 0. The molecule has 0 nitrogen and oxygen atoms in total. The van der Waals surface area contributed by atoms with Crippen molar-refractivity contribution in [1.29, 1.82) is 0 Å². The molecular weight excluding hydrogens is 167 g/mol. The van der Waals surface area contributed by atoms with Gasteiger partial charge in [-0.05, 0) is 11.8 Å². The molecule has 1 saturated carbocycles. The maximum absolute atomic E-state index is 2.64. The van der Waals surface area contributed by atoms with Gasteiger partial charge in [0.1, 0.15) is 7.28 Å². The van der Waals surface area contributed by atoms with Crippen molar-refractivity contribution in [2.75, 3.05) is 0 Å². The highest BCUT2D eigenvalue weighted by Gasteiger charge is 2.31. The minimum absolute atomic E-state index is 0.413. The van der Waals surface area contributed by atoms with Crippen LogP contribution in [0.15, 0.2) is 0 Å². The molecule has 0 aliphatic heterocycles. The van der Waals surface area contributed by atoms with Crippen LogP contribution in [0.3, 0.4) is 0 Å².